The zero-order valence-corrected chi connectivity index (χ0v) is 10.1. The number of rotatable bonds is 2. The molecule has 1 saturated carbocycles. The average molecular weight is 245 g/mol. The second kappa shape index (κ2) is 4.53. The normalized spacial score (nSPS) is 16.3. The third-order valence-corrected chi connectivity index (χ3v) is 3.72. The molecular weight excluding hydrogens is 229 g/mol. The summed E-state index contributed by atoms with van der Waals surface area (Å²) in [6.45, 7) is 0. The summed E-state index contributed by atoms with van der Waals surface area (Å²) in [4.78, 5) is 4.59. The number of benzene rings is 1. The fourth-order valence-corrected chi connectivity index (χ4v) is 2.77. The molecule has 0 atom stereocenters. The third kappa shape index (κ3) is 1.93. The lowest BCUT2D eigenvalue weighted by atomic mass is 10.0. The van der Waals surface area contributed by atoms with E-state index in [1.807, 2.05) is 6.07 Å². The molecule has 94 valence electrons. The lowest BCUT2D eigenvalue weighted by molar-refractivity contribution is 0.629. The van der Waals surface area contributed by atoms with Gasteiger partial charge >= 0.3 is 0 Å². The molecule has 4 heteroatoms. The predicted octanol–water partition coefficient (Wildman–Crippen LogP) is 3.32. The van der Waals surface area contributed by atoms with Crippen LogP contribution in [0.15, 0.2) is 24.3 Å². The Morgan fingerprint density at radius 3 is 2.72 bits per heavy atom. The van der Waals surface area contributed by atoms with Crippen LogP contribution in [-0.4, -0.2) is 4.98 Å². The van der Waals surface area contributed by atoms with Gasteiger partial charge in [-0.15, -0.1) is 0 Å². The SMILES string of the molecule is NNc1cc(C2CCCC2)nc2cc(F)ccc12. The summed E-state index contributed by atoms with van der Waals surface area (Å²) in [6, 6.07) is 6.61. The van der Waals surface area contributed by atoms with Crippen LogP contribution in [0.2, 0.25) is 0 Å². The van der Waals surface area contributed by atoms with Crippen LogP contribution in [0.4, 0.5) is 10.1 Å². The molecule has 3 N–H and O–H groups in total. The second-order valence-corrected chi connectivity index (χ2v) is 4.88. The highest BCUT2D eigenvalue weighted by Gasteiger charge is 2.19. The second-order valence-electron chi connectivity index (χ2n) is 4.88. The molecule has 0 spiro atoms. The molecule has 0 radical (unpaired) electrons. The minimum Gasteiger partial charge on any atom is -0.323 e. The molecule has 1 aliphatic rings. The van der Waals surface area contributed by atoms with Crippen molar-refractivity contribution in [1.29, 1.82) is 0 Å². The van der Waals surface area contributed by atoms with Gasteiger partial charge in [0.25, 0.3) is 0 Å². The summed E-state index contributed by atoms with van der Waals surface area (Å²) in [5.41, 5.74) is 5.21. The van der Waals surface area contributed by atoms with Crippen molar-refractivity contribution in [2.24, 2.45) is 5.84 Å². The van der Waals surface area contributed by atoms with Crippen LogP contribution in [0, 0.1) is 5.82 Å². The number of pyridine rings is 1. The smallest absolute Gasteiger partial charge is 0.125 e. The van der Waals surface area contributed by atoms with Crippen molar-refractivity contribution in [3.05, 3.63) is 35.8 Å². The van der Waals surface area contributed by atoms with Gasteiger partial charge in [-0.25, -0.2) is 4.39 Å². The molecule has 0 aliphatic heterocycles. The van der Waals surface area contributed by atoms with Crippen LogP contribution in [0.25, 0.3) is 10.9 Å². The van der Waals surface area contributed by atoms with Crippen LogP contribution in [0.3, 0.4) is 0 Å². The molecule has 0 saturated heterocycles. The minimum absolute atomic E-state index is 0.262. The number of hydrogen-bond donors (Lipinski definition) is 2. The Balaban J connectivity index is 2.15. The highest BCUT2D eigenvalue weighted by atomic mass is 19.1. The topological polar surface area (TPSA) is 50.9 Å². The van der Waals surface area contributed by atoms with Gasteiger partial charge in [0.2, 0.25) is 0 Å². The minimum atomic E-state index is -0.262. The van der Waals surface area contributed by atoms with Gasteiger partial charge in [0, 0.05) is 23.1 Å². The molecule has 1 aromatic carbocycles. The maximum atomic E-state index is 13.3. The fourth-order valence-electron chi connectivity index (χ4n) is 2.77. The number of nitrogens with two attached hydrogens (primary N) is 1. The zero-order valence-electron chi connectivity index (χ0n) is 10.1. The van der Waals surface area contributed by atoms with E-state index in [4.69, 9.17) is 5.84 Å². The van der Waals surface area contributed by atoms with Gasteiger partial charge < -0.3 is 5.43 Å². The molecule has 0 unspecified atom stereocenters. The van der Waals surface area contributed by atoms with Crippen molar-refractivity contribution in [2.45, 2.75) is 31.6 Å². The highest BCUT2D eigenvalue weighted by Crippen LogP contribution is 2.35. The molecule has 3 nitrogen and oxygen atoms in total. The summed E-state index contributed by atoms with van der Waals surface area (Å²) in [7, 11) is 0. The maximum absolute atomic E-state index is 13.3. The Bertz CT molecular complexity index is 577. The van der Waals surface area contributed by atoms with E-state index in [0.29, 0.717) is 11.4 Å². The average Bonchev–Trinajstić information content (AvgIpc) is 2.90. The van der Waals surface area contributed by atoms with Crippen molar-refractivity contribution >= 4 is 16.6 Å². The van der Waals surface area contributed by atoms with E-state index < -0.39 is 0 Å². The van der Waals surface area contributed by atoms with Crippen LogP contribution in [0.1, 0.15) is 37.3 Å². The van der Waals surface area contributed by atoms with Crippen molar-refractivity contribution in [1.82, 2.24) is 4.98 Å². The number of nitrogens with zero attached hydrogens (tertiary/aromatic N) is 1. The van der Waals surface area contributed by atoms with Gasteiger partial charge in [-0.3, -0.25) is 10.8 Å². The van der Waals surface area contributed by atoms with Gasteiger partial charge in [-0.2, -0.15) is 0 Å². The molecule has 18 heavy (non-hydrogen) atoms. The lowest BCUT2D eigenvalue weighted by Gasteiger charge is -2.13. The molecular formula is C14H16FN3. The first kappa shape index (κ1) is 11.4. The van der Waals surface area contributed by atoms with E-state index in [-0.39, 0.29) is 5.82 Å². The zero-order chi connectivity index (χ0) is 12.5. The standard InChI is InChI=1S/C14H16FN3/c15-10-5-6-11-13(7-10)17-12(8-14(11)18-16)9-3-1-2-4-9/h5-9H,1-4,16H2,(H,17,18). The highest BCUT2D eigenvalue weighted by molar-refractivity contribution is 5.91. The largest absolute Gasteiger partial charge is 0.323 e. The van der Waals surface area contributed by atoms with Crippen LogP contribution in [0.5, 0.6) is 0 Å². The van der Waals surface area contributed by atoms with Gasteiger partial charge in [-0.05, 0) is 31.0 Å². The summed E-state index contributed by atoms with van der Waals surface area (Å²) in [5, 5.41) is 0.862. The Labute approximate surface area is 105 Å². The maximum Gasteiger partial charge on any atom is 0.125 e. The van der Waals surface area contributed by atoms with E-state index >= 15 is 0 Å². The number of anilines is 1. The summed E-state index contributed by atoms with van der Waals surface area (Å²) >= 11 is 0. The van der Waals surface area contributed by atoms with E-state index in [0.717, 1.165) is 29.6 Å². The number of nitrogen functional groups attached to an aromatic ring is 1. The van der Waals surface area contributed by atoms with Crippen molar-refractivity contribution in [2.75, 3.05) is 5.43 Å². The number of aromatic nitrogens is 1. The molecule has 1 heterocycles. The molecule has 1 fully saturated rings. The molecule has 0 bridgehead atoms. The first-order valence-corrected chi connectivity index (χ1v) is 6.35. The third-order valence-electron chi connectivity index (χ3n) is 3.72. The first-order chi connectivity index (χ1) is 8.78. The van der Waals surface area contributed by atoms with Crippen molar-refractivity contribution < 1.29 is 4.39 Å². The number of nitrogens with one attached hydrogen (secondary N) is 1. The van der Waals surface area contributed by atoms with Crippen molar-refractivity contribution in [3.63, 3.8) is 0 Å². The van der Waals surface area contributed by atoms with Gasteiger partial charge in [0.15, 0.2) is 0 Å². The summed E-state index contributed by atoms with van der Waals surface area (Å²) in [6.07, 6.45) is 4.83. The van der Waals surface area contributed by atoms with E-state index in [1.54, 1.807) is 6.07 Å². The van der Waals surface area contributed by atoms with Crippen LogP contribution in [-0.2, 0) is 0 Å². The molecule has 1 aliphatic carbocycles. The summed E-state index contributed by atoms with van der Waals surface area (Å²) < 4.78 is 13.3. The first-order valence-electron chi connectivity index (χ1n) is 6.35. The van der Waals surface area contributed by atoms with E-state index in [2.05, 4.69) is 10.4 Å². The predicted molar refractivity (Wildman–Crippen MR) is 70.7 cm³/mol. The monoisotopic (exact) mass is 245 g/mol. The molecule has 3 rings (SSSR count). The molecule has 1 aromatic heterocycles. The Morgan fingerprint density at radius 2 is 2.00 bits per heavy atom. The van der Waals surface area contributed by atoms with Gasteiger partial charge in [0.1, 0.15) is 5.82 Å². The van der Waals surface area contributed by atoms with Crippen LogP contribution < -0.4 is 11.3 Å². The van der Waals surface area contributed by atoms with Crippen molar-refractivity contribution in [3.8, 4) is 0 Å². The fraction of sp³-hybridized carbons (Fsp3) is 0.357. The quantitative estimate of drug-likeness (QED) is 0.630. The Hall–Kier alpha value is -1.68. The molecule has 2 aromatic rings. The number of halogens is 1. The molecule has 0 amide bonds. The van der Waals surface area contributed by atoms with E-state index in [9.17, 15) is 4.39 Å². The van der Waals surface area contributed by atoms with Gasteiger partial charge in [0.05, 0.1) is 11.2 Å². The lowest BCUT2D eigenvalue weighted by Crippen LogP contribution is -2.09. The van der Waals surface area contributed by atoms with E-state index in [1.165, 1.54) is 25.0 Å². The number of fused-ring (bicyclic) bond motifs is 1. The number of hydrazine groups is 1. The van der Waals surface area contributed by atoms with Gasteiger partial charge in [-0.1, -0.05) is 12.8 Å². The Morgan fingerprint density at radius 1 is 1.22 bits per heavy atom. The Kier molecular flexibility index (Phi) is 2.88. The summed E-state index contributed by atoms with van der Waals surface area (Å²) in [5.74, 6) is 5.78. The van der Waals surface area contributed by atoms with Crippen LogP contribution >= 0.6 is 0 Å². The number of hydrogen-bond acceptors (Lipinski definition) is 3.